The molecule has 0 saturated heterocycles. The Morgan fingerprint density at radius 3 is 2.25 bits per heavy atom. The zero-order valence-electron chi connectivity index (χ0n) is 12.8. The van der Waals surface area contributed by atoms with E-state index in [1.165, 1.54) is 5.56 Å². The van der Waals surface area contributed by atoms with E-state index in [-0.39, 0.29) is 18.0 Å². The summed E-state index contributed by atoms with van der Waals surface area (Å²) >= 11 is 5.88. The van der Waals surface area contributed by atoms with Gasteiger partial charge in [0.25, 0.3) is 0 Å². The molecule has 3 nitrogen and oxygen atoms in total. The molecule has 0 spiro atoms. The van der Waals surface area contributed by atoms with Crippen LogP contribution in [0.2, 0.25) is 5.02 Å². The Morgan fingerprint density at radius 1 is 1.20 bits per heavy atom. The lowest BCUT2D eigenvalue weighted by Gasteiger charge is -2.26. The van der Waals surface area contributed by atoms with Crippen molar-refractivity contribution in [3.8, 4) is 0 Å². The summed E-state index contributed by atoms with van der Waals surface area (Å²) in [6, 6.07) is 7.93. The number of carbonyl (C=O) groups excluding carboxylic acids is 1. The Kier molecular flexibility index (Phi) is 7.03. The molecular weight excluding hydrogens is 272 g/mol. The normalized spacial score (nSPS) is 13.8. The largest absolute Gasteiger partial charge is 0.342 e. The lowest BCUT2D eigenvalue weighted by molar-refractivity contribution is -0.132. The number of carbonyl (C=O) groups is 1. The van der Waals surface area contributed by atoms with Crippen LogP contribution in [0.15, 0.2) is 24.3 Å². The zero-order valence-corrected chi connectivity index (χ0v) is 13.6. The molecular formula is C16H25ClN2O. The molecule has 0 aliphatic rings. The van der Waals surface area contributed by atoms with Crippen molar-refractivity contribution in [2.45, 2.75) is 46.2 Å². The van der Waals surface area contributed by atoms with Crippen molar-refractivity contribution in [3.63, 3.8) is 0 Å². The summed E-state index contributed by atoms with van der Waals surface area (Å²) < 4.78 is 0. The van der Waals surface area contributed by atoms with Crippen molar-refractivity contribution in [1.29, 1.82) is 0 Å². The first-order valence-corrected chi connectivity index (χ1v) is 7.65. The lowest BCUT2D eigenvalue weighted by atomic mass is 10.1. The molecule has 0 aliphatic heterocycles. The fourth-order valence-corrected chi connectivity index (χ4v) is 2.47. The maximum absolute atomic E-state index is 12.2. The summed E-state index contributed by atoms with van der Waals surface area (Å²) in [6.45, 7) is 9.55. The number of benzene rings is 1. The molecule has 0 saturated carbocycles. The monoisotopic (exact) mass is 296 g/mol. The van der Waals surface area contributed by atoms with Crippen LogP contribution in [0.25, 0.3) is 0 Å². The second-order valence-electron chi connectivity index (χ2n) is 5.13. The molecule has 1 amide bonds. The van der Waals surface area contributed by atoms with Crippen molar-refractivity contribution in [1.82, 2.24) is 10.2 Å². The first kappa shape index (κ1) is 17.0. The molecule has 1 rings (SSSR count). The van der Waals surface area contributed by atoms with Crippen LogP contribution < -0.4 is 5.32 Å². The number of hydrogen-bond acceptors (Lipinski definition) is 2. The van der Waals surface area contributed by atoms with Crippen molar-refractivity contribution in [2.75, 3.05) is 13.1 Å². The molecule has 1 aromatic carbocycles. The Bertz CT molecular complexity index is 415. The number of halogens is 1. The van der Waals surface area contributed by atoms with E-state index in [2.05, 4.69) is 12.2 Å². The van der Waals surface area contributed by atoms with Gasteiger partial charge < -0.3 is 10.2 Å². The quantitative estimate of drug-likeness (QED) is 0.838. The van der Waals surface area contributed by atoms with Crippen LogP contribution in [0.3, 0.4) is 0 Å². The van der Waals surface area contributed by atoms with Gasteiger partial charge in [0.15, 0.2) is 0 Å². The molecule has 0 bridgehead atoms. The maximum atomic E-state index is 12.2. The predicted octanol–water partition coefficient (Wildman–Crippen LogP) is 3.12. The molecule has 1 aromatic rings. The van der Waals surface area contributed by atoms with Gasteiger partial charge in [-0.05, 0) is 51.8 Å². The highest BCUT2D eigenvalue weighted by Crippen LogP contribution is 2.11. The van der Waals surface area contributed by atoms with Gasteiger partial charge in [-0.3, -0.25) is 4.79 Å². The van der Waals surface area contributed by atoms with E-state index in [0.717, 1.165) is 24.5 Å². The summed E-state index contributed by atoms with van der Waals surface area (Å²) in [6.07, 6.45) is 0.882. The molecule has 20 heavy (non-hydrogen) atoms. The number of rotatable bonds is 7. The van der Waals surface area contributed by atoms with Gasteiger partial charge in [-0.2, -0.15) is 0 Å². The zero-order chi connectivity index (χ0) is 15.1. The van der Waals surface area contributed by atoms with Crippen LogP contribution in [-0.4, -0.2) is 36.0 Å². The van der Waals surface area contributed by atoms with E-state index < -0.39 is 0 Å². The molecule has 0 aliphatic carbocycles. The van der Waals surface area contributed by atoms with Crippen LogP contribution in [0.4, 0.5) is 0 Å². The van der Waals surface area contributed by atoms with Crippen molar-refractivity contribution in [3.05, 3.63) is 34.9 Å². The Labute approximate surface area is 127 Å². The standard InChI is InChI=1S/C16H25ClN2O/c1-5-19(6-2)16(20)13(4)18-12(3)11-14-7-9-15(17)10-8-14/h7-10,12-13,18H,5-6,11H2,1-4H3. The molecule has 112 valence electrons. The number of likely N-dealkylation sites (N-methyl/N-ethyl adjacent to an activating group) is 1. The van der Waals surface area contributed by atoms with Gasteiger partial charge in [0, 0.05) is 24.2 Å². The minimum atomic E-state index is -0.155. The molecule has 2 atom stereocenters. The van der Waals surface area contributed by atoms with Gasteiger partial charge in [0.05, 0.1) is 6.04 Å². The number of amides is 1. The molecule has 0 radical (unpaired) electrons. The lowest BCUT2D eigenvalue weighted by Crippen LogP contribution is -2.48. The fraction of sp³-hybridized carbons (Fsp3) is 0.562. The van der Waals surface area contributed by atoms with Gasteiger partial charge in [-0.1, -0.05) is 23.7 Å². The van der Waals surface area contributed by atoms with Crippen LogP contribution in [0, 0.1) is 0 Å². The van der Waals surface area contributed by atoms with Crippen LogP contribution >= 0.6 is 11.6 Å². The van der Waals surface area contributed by atoms with E-state index >= 15 is 0 Å². The fourth-order valence-electron chi connectivity index (χ4n) is 2.34. The van der Waals surface area contributed by atoms with E-state index in [4.69, 9.17) is 11.6 Å². The smallest absolute Gasteiger partial charge is 0.239 e. The topological polar surface area (TPSA) is 32.3 Å². The van der Waals surface area contributed by atoms with E-state index in [9.17, 15) is 4.79 Å². The highest BCUT2D eigenvalue weighted by molar-refractivity contribution is 6.30. The first-order chi connectivity index (χ1) is 9.47. The van der Waals surface area contributed by atoms with Gasteiger partial charge in [-0.15, -0.1) is 0 Å². The minimum absolute atomic E-state index is 0.155. The highest BCUT2D eigenvalue weighted by Gasteiger charge is 2.19. The van der Waals surface area contributed by atoms with Gasteiger partial charge in [0.1, 0.15) is 0 Å². The number of nitrogens with zero attached hydrogens (tertiary/aromatic N) is 1. The second kappa shape index (κ2) is 8.28. The average molecular weight is 297 g/mol. The predicted molar refractivity (Wildman–Crippen MR) is 85.1 cm³/mol. The molecule has 0 heterocycles. The minimum Gasteiger partial charge on any atom is -0.342 e. The summed E-state index contributed by atoms with van der Waals surface area (Å²) in [7, 11) is 0. The number of nitrogens with one attached hydrogen (secondary N) is 1. The maximum Gasteiger partial charge on any atom is 0.239 e. The van der Waals surface area contributed by atoms with Crippen molar-refractivity contribution < 1.29 is 4.79 Å². The van der Waals surface area contributed by atoms with Crippen LogP contribution in [0.1, 0.15) is 33.3 Å². The molecule has 0 fully saturated rings. The highest BCUT2D eigenvalue weighted by atomic mass is 35.5. The van der Waals surface area contributed by atoms with Crippen LogP contribution in [-0.2, 0) is 11.2 Å². The Hall–Kier alpha value is -1.06. The van der Waals surface area contributed by atoms with E-state index in [1.54, 1.807) is 0 Å². The van der Waals surface area contributed by atoms with Crippen molar-refractivity contribution in [2.24, 2.45) is 0 Å². The Morgan fingerprint density at radius 2 is 1.75 bits per heavy atom. The van der Waals surface area contributed by atoms with Gasteiger partial charge in [0.2, 0.25) is 5.91 Å². The summed E-state index contributed by atoms with van der Waals surface area (Å²) in [5, 5.41) is 4.12. The third kappa shape index (κ3) is 5.14. The van der Waals surface area contributed by atoms with Crippen molar-refractivity contribution >= 4 is 17.5 Å². The molecule has 2 unspecified atom stereocenters. The van der Waals surface area contributed by atoms with Crippen LogP contribution in [0.5, 0.6) is 0 Å². The summed E-state index contributed by atoms with van der Waals surface area (Å²) in [5.41, 5.74) is 1.22. The SMILES string of the molecule is CCN(CC)C(=O)C(C)NC(C)Cc1ccc(Cl)cc1. The van der Waals surface area contributed by atoms with E-state index in [0.29, 0.717) is 0 Å². The third-order valence-electron chi connectivity index (χ3n) is 3.44. The third-order valence-corrected chi connectivity index (χ3v) is 3.69. The molecule has 0 aromatic heterocycles. The number of hydrogen-bond donors (Lipinski definition) is 1. The summed E-state index contributed by atoms with van der Waals surface area (Å²) in [5.74, 6) is 0.165. The Balaban J connectivity index is 2.50. The molecule has 1 N–H and O–H groups in total. The molecule has 4 heteroatoms. The van der Waals surface area contributed by atoms with E-state index in [1.807, 2.05) is 49.9 Å². The average Bonchev–Trinajstić information content (AvgIpc) is 2.42. The van der Waals surface area contributed by atoms with Gasteiger partial charge >= 0.3 is 0 Å². The first-order valence-electron chi connectivity index (χ1n) is 7.27. The van der Waals surface area contributed by atoms with Gasteiger partial charge in [-0.25, -0.2) is 0 Å². The second-order valence-corrected chi connectivity index (χ2v) is 5.57. The summed E-state index contributed by atoms with van der Waals surface area (Å²) in [4.78, 5) is 14.0.